The van der Waals surface area contributed by atoms with E-state index in [0.717, 1.165) is 0 Å². The number of hydrogen-bond acceptors (Lipinski definition) is 3. The van der Waals surface area contributed by atoms with Gasteiger partial charge in [0.1, 0.15) is 5.82 Å². The largest absolute Gasteiger partial charge is 0.343 e. The summed E-state index contributed by atoms with van der Waals surface area (Å²) < 4.78 is 38.8. The summed E-state index contributed by atoms with van der Waals surface area (Å²) >= 11 is 0. The van der Waals surface area contributed by atoms with Crippen LogP contribution >= 0.6 is 0 Å². The van der Waals surface area contributed by atoms with Gasteiger partial charge in [0, 0.05) is 0 Å². The van der Waals surface area contributed by atoms with E-state index in [1.807, 2.05) is 0 Å². The summed E-state index contributed by atoms with van der Waals surface area (Å²) in [6.07, 6.45) is 0. The summed E-state index contributed by atoms with van der Waals surface area (Å²) in [5.41, 5.74) is 0. The number of nitrogens with one attached hydrogen (secondary N) is 2. The number of nitrogens with zero attached hydrogens (tertiary/aromatic N) is 2. The Morgan fingerprint density at radius 3 is 2.69 bits per heavy atom. The van der Waals surface area contributed by atoms with Gasteiger partial charge in [0.15, 0.2) is 5.83 Å². The van der Waals surface area contributed by atoms with Crippen molar-refractivity contribution in [2.45, 2.75) is 12.8 Å². The molecule has 2 N–H and O–H groups in total. The predicted octanol–water partition coefficient (Wildman–Crippen LogP) is 0.804. The van der Waals surface area contributed by atoms with E-state index in [1.165, 1.54) is 6.92 Å². The molecule has 0 saturated heterocycles. The number of H-pyrrole nitrogens is 1. The molecule has 0 radical (unpaired) electrons. The number of alkyl halides is 2. The minimum Gasteiger partial charge on any atom is -0.343 e. The number of aromatic nitrogens is 3. The second kappa shape index (κ2) is 4.33. The van der Waals surface area contributed by atoms with Crippen LogP contribution in [0.15, 0.2) is 12.4 Å². The first-order valence-electron chi connectivity index (χ1n) is 4.23. The fourth-order valence-corrected chi connectivity index (χ4v) is 0.873. The van der Waals surface area contributed by atoms with Crippen LogP contribution in [-0.2, 0) is 10.7 Å². The standard InChI is InChI=1S/C8H9F3N4O/c1-4(9)6(16)12-3-8(10,11)7-13-5(2)14-15-7/h1,3H2,2H3,(H,12,16)(H,13,14,15). The predicted molar refractivity (Wildman–Crippen MR) is 48.3 cm³/mol. The summed E-state index contributed by atoms with van der Waals surface area (Å²) in [6, 6.07) is 0. The lowest BCUT2D eigenvalue weighted by atomic mass is 10.3. The number of rotatable bonds is 4. The van der Waals surface area contributed by atoms with E-state index in [0.29, 0.717) is 0 Å². The Hall–Kier alpha value is -1.86. The molecule has 0 aliphatic heterocycles. The highest BCUT2D eigenvalue weighted by Gasteiger charge is 2.36. The number of aryl methyl sites for hydroxylation is 1. The summed E-state index contributed by atoms with van der Waals surface area (Å²) in [6.45, 7) is 3.03. The van der Waals surface area contributed by atoms with Gasteiger partial charge in [-0.3, -0.25) is 9.89 Å². The van der Waals surface area contributed by atoms with Crippen LogP contribution in [0, 0.1) is 6.92 Å². The molecular formula is C8H9F3N4O. The Labute approximate surface area is 88.8 Å². The second-order valence-electron chi connectivity index (χ2n) is 3.04. The van der Waals surface area contributed by atoms with Crippen molar-refractivity contribution in [2.75, 3.05) is 6.54 Å². The molecule has 1 aromatic rings. The van der Waals surface area contributed by atoms with Crippen LogP contribution in [0.2, 0.25) is 0 Å². The van der Waals surface area contributed by atoms with Crippen LogP contribution < -0.4 is 5.32 Å². The molecule has 0 bridgehead atoms. The minimum absolute atomic E-state index is 0.218. The molecule has 0 fully saturated rings. The van der Waals surface area contributed by atoms with Crippen LogP contribution in [0.25, 0.3) is 0 Å². The van der Waals surface area contributed by atoms with Gasteiger partial charge in [-0.15, -0.1) is 0 Å². The second-order valence-corrected chi connectivity index (χ2v) is 3.04. The van der Waals surface area contributed by atoms with E-state index < -0.39 is 30.0 Å². The van der Waals surface area contributed by atoms with E-state index in [4.69, 9.17) is 0 Å². The first kappa shape index (κ1) is 12.2. The van der Waals surface area contributed by atoms with Crippen molar-refractivity contribution >= 4 is 5.91 Å². The molecule has 0 aromatic carbocycles. The highest BCUT2D eigenvalue weighted by molar-refractivity contribution is 5.90. The van der Waals surface area contributed by atoms with Crippen LogP contribution in [0.3, 0.4) is 0 Å². The van der Waals surface area contributed by atoms with Gasteiger partial charge in [-0.1, -0.05) is 6.58 Å². The molecule has 0 spiro atoms. The van der Waals surface area contributed by atoms with Gasteiger partial charge >= 0.3 is 5.92 Å². The smallest absolute Gasteiger partial charge is 0.325 e. The number of amides is 1. The topological polar surface area (TPSA) is 70.7 Å². The highest BCUT2D eigenvalue weighted by atomic mass is 19.3. The lowest BCUT2D eigenvalue weighted by Crippen LogP contribution is -2.35. The van der Waals surface area contributed by atoms with Crippen molar-refractivity contribution in [1.82, 2.24) is 20.5 Å². The average molecular weight is 234 g/mol. The third kappa shape index (κ3) is 2.81. The Balaban J connectivity index is 2.65. The number of aromatic amines is 1. The molecule has 5 nitrogen and oxygen atoms in total. The van der Waals surface area contributed by atoms with E-state index >= 15 is 0 Å². The molecule has 0 aliphatic rings. The lowest BCUT2D eigenvalue weighted by molar-refractivity contribution is -0.121. The molecule has 1 aromatic heterocycles. The molecule has 1 amide bonds. The molecular weight excluding hydrogens is 225 g/mol. The molecule has 16 heavy (non-hydrogen) atoms. The lowest BCUT2D eigenvalue weighted by Gasteiger charge is -2.12. The first-order valence-corrected chi connectivity index (χ1v) is 4.23. The molecule has 88 valence electrons. The van der Waals surface area contributed by atoms with Gasteiger partial charge < -0.3 is 5.32 Å². The third-order valence-electron chi connectivity index (χ3n) is 1.64. The Morgan fingerprint density at radius 1 is 1.62 bits per heavy atom. The molecule has 1 rings (SSSR count). The number of hydrogen-bond donors (Lipinski definition) is 2. The monoisotopic (exact) mass is 234 g/mol. The van der Waals surface area contributed by atoms with Crippen molar-refractivity contribution in [3.8, 4) is 0 Å². The Morgan fingerprint density at radius 2 is 2.25 bits per heavy atom. The van der Waals surface area contributed by atoms with Crippen LogP contribution in [-0.4, -0.2) is 27.6 Å². The van der Waals surface area contributed by atoms with Crippen molar-refractivity contribution < 1.29 is 18.0 Å². The zero-order valence-electron chi connectivity index (χ0n) is 8.35. The fraction of sp³-hybridized carbons (Fsp3) is 0.375. The van der Waals surface area contributed by atoms with E-state index in [9.17, 15) is 18.0 Å². The highest BCUT2D eigenvalue weighted by Crippen LogP contribution is 2.23. The summed E-state index contributed by atoms with van der Waals surface area (Å²) in [7, 11) is 0. The Kier molecular flexibility index (Phi) is 3.31. The zero-order chi connectivity index (χ0) is 12.3. The van der Waals surface area contributed by atoms with Crippen molar-refractivity contribution in [1.29, 1.82) is 0 Å². The van der Waals surface area contributed by atoms with Gasteiger partial charge in [-0.05, 0) is 6.92 Å². The maximum Gasteiger partial charge on any atom is 0.325 e. The number of carbonyl (C=O) groups is 1. The van der Waals surface area contributed by atoms with Crippen LogP contribution in [0.1, 0.15) is 11.6 Å². The number of halogens is 3. The van der Waals surface area contributed by atoms with Crippen LogP contribution in [0.5, 0.6) is 0 Å². The van der Waals surface area contributed by atoms with Gasteiger partial charge in [0.25, 0.3) is 5.91 Å². The van der Waals surface area contributed by atoms with Crippen LogP contribution in [0.4, 0.5) is 13.2 Å². The maximum absolute atomic E-state index is 13.3. The fourth-order valence-electron chi connectivity index (χ4n) is 0.873. The summed E-state index contributed by atoms with van der Waals surface area (Å²) in [4.78, 5) is 14.1. The normalized spacial score (nSPS) is 11.2. The van der Waals surface area contributed by atoms with Gasteiger partial charge in [-0.2, -0.15) is 13.9 Å². The quantitative estimate of drug-likeness (QED) is 0.757. The van der Waals surface area contributed by atoms with Crippen molar-refractivity contribution in [3.05, 3.63) is 24.1 Å². The van der Waals surface area contributed by atoms with E-state index in [1.54, 1.807) is 5.32 Å². The van der Waals surface area contributed by atoms with E-state index in [2.05, 4.69) is 21.8 Å². The molecule has 8 heteroatoms. The average Bonchev–Trinajstić information content (AvgIpc) is 2.61. The molecule has 0 saturated carbocycles. The van der Waals surface area contributed by atoms with Crippen molar-refractivity contribution in [3.63, 3.8) is 0 Å². The number of carbonyl (C=O) groups excluding carboxylic acids is 1. The zero-order valence-corrected chi connectivity index (χ0v) is 8.35. The molecule has 0 aliphatic carbocycles. The minimum atomic E-state index is -3.46. The van der Waals surface area contributed by atoms with Crippen molar-refractivity contribution in [2.24, 2.45) is 0 Å². The van der Waals surface area contributed by atoms with E-state index in [-0.39, 0.29) is 5.82 Å². The first-order chi connectivity index (χ1) is 7.33. The van der Waals surface area contributed by atoms with Gasteiger partial charge in [0.05, 0.1) is 6.54 Å². The summed E-state index contributed by atoms with van der Waals surface area (Å²) in [5.74, 6) is -6.62. The Bertz CT molecular complexity index is 415. The molecule has 0 atom stereocenters. The third-order valence-corrected chi connectivity index (χ3v) is 1.64. The molecule has 0 unspecified atom stereocenters. The molecule has 1 heterocycles. The maximum atomic E-state index is 13.3. The summed E-state index contributed by atoms with van der Waals surface area (Å²) in [5, 5.41) is 7.17. The van der Waals surface area contributed by atoms with Gasteiger partial charge in [0.2, 0.25) is 5.82 Å². The SMILES string of the molecule is C=C(F)C(=O)NCC(F)(F)c1n[nH]c(C)n1. The van der Waals surface area contributed by atoms with Gasteiger partial charge in [-0.25, -0.2) is 9.37 Å².